The number of anilines is 1. The largest absolute Gasteiger partial charge is 0.485 e. The van der Waals surface area contributed by atoms with Crippen LogP contribution in [0.25, 0.3) is 0 Å². The van der Waals surface area contributed by atoms with Gasteiger partial charge in [-0.25, -0.2) is 13.2 Å². The average Bonchev–Trinajstić information content (AvgIpc) is 2.85. The van der Waals surface area contributed by atoms with Crippen molar-refractivity contribution in [2.75, 3.05) is 11.9 Å². The highest BCUT2D eigenvalue weighted by Crippen LogP contribution is 2.33. The Labute approximate surface area is 126 Å². The quantitative estimate of drug-likeness (QED) is 0.847. The van der Waals surface area contributed by atoms with Gasteiger partial charge in [0.05, 0.1) is 17.7 Å². The lowest BCUT2D eigenvalue weighted by Crippen LogP contribution is -2.30. The highest BCUT2D eigenvalue weighted by molar-refractivity contribution is 5.92. The first-order chi connectivity index (χ1) is 10.4. The number of ether oxygens (including phenoxy) is 1. The Kier molecular flexibility index (Phi) is 5.28. The zero-order chi connectivity index (χ0) is 16.2. The Hall–Kier alpha value is -1.76. The van der Waals surface area contributed by atoms with E-state index in [4.69, 9.17) is 4.74 Å². The van der Waals surface area contributed by atoms with Gasteiger partial charge in [0, 0.05) is 6.07 Å². The van der Waals surface area contributed by atoms with Gasteiger partial charge in [0.15, 0.2) is 0 Å². The molecule has 4 nitrogen and oxygen atoms in total. The minimum absolute atomic E-state index is 0.0847. The van der Waals surface area contributed by atoms with E-state index >= 15 is 0 Å². The summed E-state index contributed by atoms with van der Waals surface area (Å²) in [4.78, 5) is 12.0. The minimum atomic E-state index is -2.70. The summed E-state index contributed by atoms with van der Waals surface area (Å²) in [5, 5.41) is 12.7. The van der Waals surface area contributed by atoms with Crippen LogP contribution in [0.5, 0.6) is 5.75 Å². The van der Waals surface area contributed by atoms with Crippen molar-refractivity contribution in [3.63, 3.8) is 0 Å². The fraction of sp³-hybridized carbons (Fsp3) is 0.533. The van der Waals surface area contributed by atoms with Crippen LogP contribution in [0.3, 0.4) is 0 Å². The van der Waals surface area contributed by atoms with Crippen LogP contribution in [0.4, 0.5) is 18.9 Å². The van der Waals surface area contributed by atoms with Gasteiger partial charge in [-0.05, 0) is 25.0 Å². The molecule has 0 aliphatic heterocycles. The summed E-state index contributed by atoms with van der Waals surface area (Å²) in [6.45, 7) is -0.893. The molecule has 0 saturated heterocycles. The van der Waals surface area contributed by atoms with Crippen LogP contribution < -0.4 is 10.1 Å². The predicted octanol–water partition coefficient (Wildman–Crippen LogP) is 3.10. The topological polar surface area (TPSA) is 58.6 Å². The molecule has 7 heteroatoms. The van der Waals surface area contributed by atoms with E-state index in [1.165, 1.54) is 6.07 Å². The molecule has 1 aliphatic rings. The van der Waals surface area contributed by atoms with Crippen molar-refractivity contribution in [2.24, 2.45) is 0 Å². The predicted molar refractivity (Wildman–Crippen MR) is 74.6 cm³/mol. The van der Waals surface area contributed by atoms with Crippen LogP contribution in [-0.2, 0) is 4.79 Å². The van der Waals surface area contributed by atoms with Gasteiger partial charge in [0.1, 0.15) is 18.2 Å². The third kappa shape index (κ3) is 4.62. The maximum Gasteiger partial charge on any atom is 0.272 e. The molecule has 0 heterocycles. The fourth-order valence-corrected chi connectivity index (χ4v) is 2.57. The van der Waals surface area contributed by atoms with E-state index in [9.17, 15) is 23.1 Å². The van der Waals surface area contributed by atoms with Crippen molar-refractivity contribution < 1.29 is 27.8 Å². The molecular formula is C15H18F3NO3. The van der Waals surface area contributed by atoms with Crippen molar-refractivity contribution in [2.45, 2.75) is 44.1 Å². The molecule has 1 saturated carbocycles. The SMILES string of the molecule is O=C(CC1(O)CCCC1)Nc1ccc(F)cc1OCC(F)F. The summed E-state index contributed by atoms with van der Waals surface area (Å²) in [6, 6.07) is 3.27. The van der Waals surface area contributed by atoms with Crippen LogP contribution in [-0.4, -0.2) is 29.6 Å². The van der Waals surface area contributed by atoms with Gasteiger partial charge in [0.25, 0.3) is 6.43 Å². The van der Waals surface area contributed by atoms with E-state index in [1.54, 1.807) is 0 Å². The second kappa shape index (κ2) is 7.00. The summed E-state index contributed by atoms with van der Waals surface area (Å²) in [6.07, 6.45) is 0.0492. The highest BCUT2D eigenvalue weighted by atomic mass is 19.3. The molecular weight excluding hydrogens is 299 g/mol. The molecule has 0 aromatic heterocycles. The Morgan fingerprint density at radius 3 is 2.68 bits per heavy atom. The number of alkyl halides is 2. The van der Waals surface area contributed by atoms with Gasteiger partial charge in [-0.1, -0.05) is 12.8 Å². The third-order valence-electron chi connectivity index (χ3n) is 3.61. The molecule has 0 bridgehead atoms. The third-order valence-corrected chi connectivity index (χ3v) is 3.61. The summed E-state index contributed by atoms with van der Waals surface area (Å²) >= 11 is 0. The van der Waals surface area contributed by atoms with E-state index in [-0.39, 0.29) is 17.9 Å². The van der Waals surface area contributed by atoms with Gasteiger partial charge in [-0.2, -0.15) is 0 Å². The lowest BCUT2D eigenvalue weighted by atomic mass is 9.97. The smallest absolute Gasteiger partial charge is 0.272 e. The number of hydrogen-bond acceptors (Lipinski definition) is 3. The lowest BCUT2D eigenvalue weighted by molar-refractivity contribution is -0.120. The van der Waals surface area contributed by atoms with Gasteiger partial charge in [-0.3, -0.25) is 4.79 Å². The maximum absolute atomic E-state index is 13.2. The molecule has 2 rings (SSSR count). The molecule has 0 spiro atoms. The van der Waals surface area contributed by atoms with Gasteiger partial charge in [-0.15, -0.1) is 0 Å². The van der Waals surface area contributed by atoms with Crippen LogP contribution in [0.1, 0.15) is 32.1 Å². The molecule has 1 aliphatic carbocycles. The van der Waals surface area contributed by atoms with E-state index in [1.807, 2.05) is 0 Å². The Balaban J connectivity index is 2.03. The number of carbonyl (C=O) groups excluding carboxylic acids is 1. The highest BCUT2D eigenvalue weighted by Gasteiger charge is 2.33. The molecule has 1 aromatic rings. The molecule has 122 valence electrons. The Morgan fingerprint density at radius 1 is 1.36 bits per heavy atom. The normalized spacial score (nSPS) is 16.8. The molecule has 1 aromatic carbocycles. The van der Waals surface area contributed by atoms with Gasteiger partial charge < -0.3 is 15.2 Å². The zero-order valence-electron chi connectivity index (χ0n) is 11.9. The van der Waals surface area contributed by atoms with Crippen molar-refractivity contribution in [1.82, 2.24) is 0 Å². The second-order valence-corrected chi connectivity index (χ2v) is 5.50. The summed E-state index contributed by atoms with van der Waals surface area (Å²) in [7, 11) is 0. The van der Waals surface area contributed by atoms with Crippen LogP contribution >= 0.6 is 0 Å². The lowest BCUT2D eigenvalue weighted by Gasteiger charge is -2.21. The molecule has 0 atom stereocenters. The fourth-order valence-electron chi connectivity index (χ4n) is 2.57. The molecule has 22 heavy (non-hydrogen) atoms. The number of rotatable bonds is 6. The van der Waals surface area contributed by atoms with Crippen LogP contribution in [0, 0.1) is 5.82 Å². The zero-order valence-corrected chi connectivity index (χ0v) is 11.9. The first-order valence-corrected chi connectivity index (χ1v) is 7.11. The first kappa shape index (κ1) is 16.6. The van der Waals surface area contributed by atoms with Crippen molar-refractivity contribution >= 4 is 11.6 Å². The van der Waals surface area contributed by atoms with E-state index in [2.05, 4.69) is 5.32 Å². The summed E-state index contributed by atoms with van der Waals surface area (Å²) in [5.41, 5.74) is -0.915. The van der Waals surface area contributed by atoms with E-state index < -0.39 is 30.4 Å². The number of amides is 1. The average molecular weight is 317 g/mol. The molecule has 2 N–H and O–H groups in total. The molecule has 1 fully saturated rings. The van der Waals surface area contributed by atoms with Crippen molar-refractivity contribution in [3.05, 3.63) is 24.0 Å². The van der Waals surface area contributed by atoms with E-state index in [0.29, 0.717) is 12.8 Å². The van der Waals surface area contributed by atoms with Gasteiger partial charge in [0.2, 0.25) is 5.91 Å². The van der Waals surface area contributed by atoms with E-state index in [0.717, 1.165) is 25.0 Å². The number of hydrogen-bond donors (Lipinski definition) is 2. The summed E-state index contributed by atoms with van der Waals surface area (Å²) in [5.74, 6) is -1.28. The number of nitrogens with one attached hydrogen (secondary N) is 1. The van der Waals surface area contributed by atoms with Gasteiger partial charge >= 0.3 is 0 Å². The summed E-state index contributed by atoms with van der Waals surface area (Å²) < 4.78 is 42.4. The molecule has 0 unspecified atom stereocenters. The number of aliphatic hydroxyl groups is 1. The second-order valence-electron chi connectivity index (χ2n) is 5.50. The number of halogens is 3. The number of carbonyl (C=O) groups is 1. The monoisotopic (exact) mass is 317 g/mol. The first-order valence-electron chi connectivity index (χ1n) is 7.11. The minimum Gasteiger partial charge on any atom is -0.485 e. The van der Waals surface area contributed by atoms with Crippen LogP contribution in [0.2, 0.25) is 0 Å². The maximum atomic E-state index is 13.2. The van der Waals surface area contributed by atoms with Crippen molar-refractivity contribution in [3.8, 4) is 5.75 Å². The molecule has 0 radical (unpaired) electrons. The Bertz CT molecular complexity index is 531. The van der Waals surface area contributed by atoms with Crippen molar-refractivity contribution in [1.29, 1.82) is 0 Å². The van der Waals surface area contributed by atoms with Crippen LogP contribution in [0.15, 0.2) is 18.2 Å². The number of benzene rings is 1. The molecule has 1 amide bonds. The Morgan fingerprint density at radius 2 is 2.05 bits per heavy atom. The standard InChI is InChI=1S/C15H18F3NO3/c16-10-3-4-11(12(7-10)22-9-13(17)18)19-14(20)8-15(21)5-1-2-6-15/h3-4,7,13,21H,1-2,5-6,8-9H2,(H,19,20).